The fourth-order valence-electron chi connectivity index (χ4n) is 3.73. The van der Waals surface area contributed by atoms with Crippen LogP contribution in [0, 0.1) is 0 Å². The van der Waals surface area contributed by atoms with Crippen molar-refractivity contribution < 1.29 is 4.79 Å². The molecule has 0 unspecified atom stereocenters. The van der Waals surface area contributed by atoms with Gasteiger partial charge >= 0.3 is 0 Å². The molecular formula is C21H23ClN4O2S2. The molecule has 9 heteroatoms. The van der Waals surface area contributed by atoms with Crippen LogP contribution >= 0.6 is 34.7 Å². The summed E-state index contributed by atoms with van der Waals surface area (Å²) in [5.41, 5.74) is 2.64. The normalized spacial score (nSPS) is 12.9. The number of fused-ring (bicyclic) bond motifs is 3. The van der Waals surface area contributed by atoms with Crippen molar-refractivity contribution in [1.82, 2.24) is 9.97 Å². The molecular weight excluding hydrogens is 440 g/mol. The molecule has 0 atom stereocenters. The number of thioether (sulfide) groups is 1. The number of amides is 1. The van der Waals surface area contributed by atoms with Gasteiger partial charge in [-0.05, 0) is 37.0 Å². The maximum absolute atomic E-state index is 12.5. The number of aromatic amines is 1. The van der Waals surface area contributed by atoms with Crippen molar-refractivity contribution in [2.24, 2.45) is 0 Å². The van der Waals surface area contributed by atoms with Gasteiger partial charge in [-0.1, -0.05) is 17.7 Å². The number of aryl methyl sites for hydroxylation is 2. The predicted octanol–water partition coefficient (Wildman–Crippen LogP) is 4.45. The summed E-state index contributed by atoms with van der Waals surface area (Å²) in [5, 5.41) is 4.31. The van der Waals surface area contributed by atoms with Crippen molar-refractivity contribution in [2.45, 2.75) is 31.4 Å². The van der Waals surface area contributed by atoms with E-state index in [1.807, 2.05) is 31.1 Å². The summed E-state index contributed by atoms with van der Waals surface area (Å²) in [6.45, 7) is 0. The van der Waals surface area contributed by atoms with Crippen LogP contribution in [-0.2, 0) is 23.4 Å². The number of hydrogen-bond acceptors (Lipinski definition) is 6. The third-order valence-corrected chi connectivity index (χ3v) is 7.51. The van der Waals surface area contributed by atoms with Gasteiger partial charge in [-0.3, -0.25) is 9.59 Å². The van der Waals surface area contributed by atoms with Gasteiger partial charge in [-0.2, -0.15) is 11.8 Å². The molecule has 0 saturated carbocycles. The maximum atomic E-state index is 12.5. The highest BCUT2D eigenvalue weighted by Crippen LogP contribution is 2.35. The number of rotatable bonds is 7. The molecule has 3 aromatic rings. The molecule has 158 valence electrons. The van der Waals surface area contributed by atoms with E-state index < -0.39 is 0 Å². The zero-order chi connectivity index (χ0) is 21.3. The Balaban J connectivity index is 1.33. The van der Waals surface area contributed by atoms with Gasteiger partial charge in [0.2, 0.25) is 5.91 Å². The van der Waals surface area contributed by atoms with Gasteiger partial charge in [0.25, 0.3) is 5.56 Å². The highest BCUT2D eigenvalue weighted by Gasteiger charge is 2.21. The fraction of sp³-hybridized carbons (Fsp3) is 0.381. The van der Waals surface area contributed by atoms with E-state index in [1.165, 1.54) is 10.4 Å². The zero-order valence-electron chi connectivity index (χ0n) is 16.9. The lowest BCUT2D eigenvalue weighted by molar-refractivity contribution is -0.115. The standard InChI is InChI=1S/C21H23ClN4O2S2/c1-26(2)19-13(22)6-4-7-14(19)23-17(27)9-10-29-11-16-24-20(28)18-12-5-3-8-15(12)30-21(18)25-16/h4,6-7H,3,5,8-11H2,1-2H3,(H,23,27)(H,24,25,28). The van der Waals surface area contributed by atoms with Crippen LogP contribution in [0.1, 0.15) is 29.1 Å². The minimum atomic E-state index is -0.0700. The number of nitrogens with one attached hydrogen (secondary N) is 2. The summed E-state index contributed by atoms with van der Waals surface area (Å²) >= 11 is 9.48. The lowest BCUT2D eigenvalue weighted by Gasteiger charge is -2.19. The molecule has 0 fully saturated rings. The largest absolute Gasteiger partial charge is 0.375 e. The Morgan fingerprint density at radius 1 is 1.37 bits per heavy atom. The second-order valence-electron chi connectivity index (χ2n) is 7.43. The number of hydrogen-bond donors (Lipinski definition) is 2. The number of aromatic nitrogens is 2. The fourth-order valence-corrected chi connectivity index (χ4v) is 6.16. The number of carbonyl (C=O) groups is 1. The smallest absolute Gasteiger partial charge is 0.259 e. The zero-order valence-corrected chi connectivity index (χ0v) is 19.3. The topological polar surface area (TPSA) is 78.1 Å². The van der Waals surface area contributed by atoms with E-state index in [0.717, 1.165) is 35.2 Å². The highest BCUT2D eigenvalue weighted by molar-refractivity contribution is 7.98. The molecule has 6 nitrogen and oxygen atoms in total. The Morgan fingerprint density at radius 2 is 2.20 bits per heavy atom. The molecule has 2 N–H and O–H groups in total. The lowest BCUT2D eigenvalue weighted by atomic mass is 10.2. The third kappa shape index (κ3) is 4.36. The third-order valence-electron chi connectivity index (χ3n) is 5.04. The summed E-state index contributed by atoms with van der Waals surface area (Å²) in [6, 6.07) is 5.46. The van der Waals surface area contributed by atoms with Crippen LogP contribution in [0.4, 0.5) is 11.4 Å². The summed E-state index contributed by atoms with van der Waals surface area (Å²) in [7, 11) is 3.78. The second-order valence-corrected chi connectivity index (χ2v) is 10.0. The van der Waals surface area contributed by atoms with Crippen LogP contribution in [0.2, 0.25) is 5.02 Å². The van der Waals surface area contributed by atoms with Crippen molar-refractivity contribution in [3.63, 3.8) is 0 Å². The minimum Gasteiger partial charge on any atom is -0.375 e. The molecule has 0 bridgehead atoms. The van der Waals surface area contributed by atoms with Gasteiger partial charge in [-0.25, -0.2) is 4.98 Å². The Bertz CT molecular complexity index is 1160. The Kier molecular flexibility index (Phi) is 6.36. The minimum absolute atomic E-state index is 0.0371. The van der Waals surface area contributed by atoms with E-state index in [4.69, 9.17) is 11.6 Å². The van der Waals surface area contributed by atoms with Gasteiger partial charge in [0.05, 0.1) is 27.5 Å². The summed E-state index contributed by atoms with van der Waals surface area (Å²) in [6.07, 6.45) is 3.52. The van der Waals surface area contributed by atoms with Crippen LogP contribution in [0.5, 0.6) is 0 Å². The predicted molar refractivity (Wildman–Crippen MR) is 127 cm³/mol. The number of para-hydroxylation sites is 1. The Labute approximate surface area is 188 Å². The van der Waals surface area contributed by atoms with Gasteiger partial charge in [0, 0.05) is 31.1 Å². The number of halogens is 1. The molecule has 30 heavy (non-hydrogen) atoms. The molecule has 0 spiro atoms. The summed E-state index contributed by atoms with van der Waals surface area (Å²) in [5.74, 6) is 1.80. The van der Waals surface area contributed by atoms with Crippen LogP contribution < -0.4 is 15.8 Å². The molecule has 2 aromatic heterocycles. The molecule has 4 rings (SSSR count). The van der Waals surface area contributed by atoms with Crippen LogP contribution in [-0.4, -0.2) is 35.7 Å². The van der Waals surface area contributed by atoms with Crippen LogP contribution in [0.3, 0.4) is 0 Å². The molecule has 1 aromatic carbocycles. The van der Waals surface area contributed by atoms with Crippen LogP contribution in [0.15, 0.2) is 23.0 Å². The van der Waals surface area contributed by atoms with Crippen molar-refractivity contribution in [1.29, 1.82) is 0 Å². The summed E-state index contributed by atoms with van der Waals surface area (Å²) < 4.78 is 0. The first kappa shape index (κ1) is 21.2. The first-order chi connectivity index (χ1) is 14.4. The maximum Gasteiger partial charge on any atom is 0.259 e. The van der Waals surface area contributed by atoms with Crippen molar-refractivity contribution in [3.8, 4) is 0 Å². The quantitative estimate of drug-likeness (QED) is 0.507. The van der Waals surface area contributed by atoms with E-state index in [0.29, 0.717) is 34.5 Å². The first-order valence-corrected chi connectivity index (χ1v) is 12.2. The number of nitrogens with zero attached hydrogens (tertiary/aromatic N) is 2. The van der Waals surface area contributed by atoms with Crippen molar-refractivity contribution >= 4 is 62.2 Å². The number of benzene rings is 1. The molecule has 0 radical (unpaired) electrons. The summed E-state index contributed by atoms with van der Waals surface area (Å²) in [4.78, 5) is 36.5. The van der Waals surface area contributed by atoms with E-state index in [1.54, 1.807) is 29.2 Å². The van der Waals surface area contributed by atoms with Gasteiger partial charge in [0.1, 0.15) is 10.7 Å². The second kappa shape index (κ2) is 8.99. The van der Waals surface area contributed by atoms with Crippen molar-refractivity contribution in [2.75, 3.05) is 30.1 Å². The average molecular weight is 463 g/mol. The Hall–Kier alpha value is -2.03. The van der Waals surface area contributed by atoms with E-state index in [9.17, 15) is 9.59 Å². The van der Waals surface area contributed by atoms with E-state index in [2.05, 4.69) is 15.3 Å². The number of anilines is 2. The number of carbonyl (C=O) groups excluding carboxylic acids is 1. The van der Waals surface area contributed by atoms with E-state index >= 15 is 0 Å². The first-order valence-electron chi connectivity index (χ1n) is 9.81. The van der Waals surface area contributed by atoms with Gasteiger partial charge in [0.15, 0.2) is 0 Å². The van der Waals surface area contributed by atoms with Gasteiger partial charge < -0.3 is 15.2 Å². The van der Waals surface area contributed by atoms with E-state index in [-0.39, 0.29) is 11.5 Å². The average Bonchev–Trinajstić information content (AvgIpc) is 3.25. The van der Waals surface area contributed by atoms with Gasteiger partial charge in [-0.15, -0.1) is 11.3 Å². The molecule has 1 aliphatic carbocycles. The molecule has 0 aliphatic heterocycles. The number of H-pyrrole nitrogens is 1. The molecule has 1 aliphatic rings. The monoisotopic (exact) mass is 462 g/mol. The SMILES string of the molecule is CN(C)c1c(Cl)cccc1NC(=O)CCSCc1nc2sc3c(c2c(=O)[nH]1)CCC3. The Morgan fingerprint density at radius 3 is 3.00 bits per heavy atom. The van der Waals surface area contributed by atoms with Crippen LogP contribution in [0.25, 0.3) is 10.2 Å². The molecule has 2 heterocycles. The molecule has 1 amide bonds. The molecule has 0 saturated heterocycles. The highest BCUT2D eigenvalue weighted by atomic mass is 35.5. The van der Waals surface area contributed by atoms with Crippen molar-refractivity contribution in [3.05, 3.63) is 49.8 Å². The number of thiophene rings is 1. The lowest BCUT2D eigenvalue weighted by Crippen LogP contribution is -2.17.